The van der Waals surface area contributed by atoms with Crippen LogP contribution in [0.2, 0.25) is 0 Å². The van der Waals surface area contributed by atoms with Crippen molar-refractivity contribution < 1.29 is 18.3 Å². The summed E-state index contributed by atoms with van der Waals surface area (Å²) in [5.74, 6) is 0.716. The number of aliphatic hydroxyl groups is 1. The van der Waals surface area contributed by atoms with Crippen LogP contribution in [-0.2, 0) is 15.6 Å². The second-order valence-corrected chi connectivity index (χ2v) is 8.29. The molecule has 0 aliphatic heterocycles. The zero-order valence-electron chi connectivity index (χ0n) is 14.4. The molecule has 0 spiro atoms. The molecule has 1 fully saturated rings. The summed E-state index contributed by atoms with van der Waals surface area (Å²) in [6.45, 7) is 1.75. The van der Waals surface area contributed by atoms with Crippen LogP contribution >= 0.6 is 0 Å². The number of benzene rings is 2. The number of sulfonamides is 1. The molecule has 134 valence electrons. The van der Waals surface area contributed by atoms with Crippen molar-refractivity contribution in [2.45, 2.75) is 30.3 Å². The number of aryl methyl sites for hydroxylation is 1. The molecular formula is C19H23NO4S. The summed E-state index contributed by atoms with van der Waals surface area (Å²) in [6, 6.07) is 14.0. The normalized spacial score (nSPS) is 17.1. The van der Waals surface area contributed by atoms with Crippen LogP contribution in [0.5, 0.6) is 5.75 Å². The first-order chi connectivity index (χ1) is 11.9. The topological polar surface area (TPSA) is 75.6 Å². The number of hydrogen-bond donors (Lipinski definition) is 2. The van der Waals surface area contributed by atoms with Gasteiger partial charge in [-0.3, -0.25) is 0 Å². The van der Waals surface area contributed by atoms with Gasteiger partial charge >= 0.3 is 0 Å². The number of ether oxygens (including phenoxy) is 1. The second-order valence-electron chi connectivity index (χ2n) is 6.52. The van der Waals surface area contributed by atoms with E-state index in [1.165, 1.54) is 6.07 Å². The highest BCUT2D eigenvalue weighted by atomic mass is 32.2. The van der Waals surface area contributed by atoms with Crippen LogP contribution in [0.4, 0.5) is 0 Å². The van der Waals surface area contributed by atoms with Gasteiger partial charge in [-0.1, -0.05) is 30.3 Å². The van der Waals surface area contributed by atoms with E-state index in [0.29, 0.717) is 5.75 Å². The smallest absolute Gasteiger partial charge is 0.240 e. The van der Waals surface area contributed by atoms with Crippen molar-refractivity contribution in [1.82, 2.24) is 4.72 Å². The Hall–Kier alpha value is -1.89. The van der Waals surface area contributed by atoms with E-state index >= 15 is 0 Å². The molecule has 1 saturated carbocycles. The molecule has 0 saturated heterocycles. The van der Waals surface area contributed by atoms with Crippen molar-refractivity contribution in [2.24, 2.45) is 5.92 Å². The molecule has 0 heterocycles. The van der Waals surface area contributed by atoms with Crippen molar-refractivity contribution in [2.75, 3.05) is 13.7 Å². The highest BCUT2D eigenvalue weighted by molar-refractivity contribution is 7.89. The van der Waals surface area contributed by atoms with Gasteiger partial charge in [-0.2, -0.15) is 0 Å². The third-order valence-electron chi connectivity index (χ3n) is 4.73. The summed E-state index contributed by atoms with van der Waals surface area (Å²) in [5, 5.41) is 11.1. The summed E-state index contributed by atoms with van der Waals surface area (Å²) < 4.78 is 33.0. The van der Waals surface area contributed by atoms with Gasteiger partial charge in [0.1, 0.15) is 11.4 Å². The van der Waals surface area contributed by atoms with Gasteiger partial charge in [0.25, 0.3) is 0 Å². The molecule has 0 amide bonds. The van der Waals surface area contributed by atoms with Gasteiger partial charge in [-0.15, -0.1) is 0 Å². The van der Waals surface area contributed by atoms with E-state index in [4.69, 9.17) is 4.74 Å². The van der Waals surface area contributed by atoms with E-state index < -0.39 is 15.6 Å². The lowest BCUT2D eigenvalue weighted by Crippen LogP contribution is -2.42. The van der Waals surface area contributed by atoms with E-state index in [1.54, 1.807) is 26.2 Å². The van der Waals surface area contributed by atoms with Gasteiger partial charge in [0.05, 0.1) is 12.0 Å². The van der Waals surface area contributed by atoms with E-state index in [0.717, 1.165) is 24.0 Å². The van der Waals surface area contributed by atoms with Crippen LogP contribution in [0.25, 0.3) is 0 Å². The summed E-state index contributed by atoms with van der Waals surface area (Å²) in [7, 11) is -2.17. The lowest BCUT2D eigenvalue weighted by molar-refractivity contribution is 0.0185. The molecule has 1 aliphatic carbocycles. The molecule has 1 aliphatic rings. The monoisotopic (exact) mass is 361 g/mol. The first-order valence-electron chi connectivity index (χ1n) is 8.29. The molecule has 2 aromatic rings. The average Bonchev–Trinajstić information content (AvgIpc) is 3.46. The minimum Gasteiger partial charge on any atom is -0.496 e. The number of methoxy groups -OCH3 is 1. The van der Waals surface area contributed by atoms with Crippen molar-refractivity contribution >= 4 is 10.0 Å². The fourth-order valence-electron chi connectivity index (χ4n) is 3.08. The molecule has 0 radical (unpaired) electrons. The highest BCUT2D eigenvalue weighted by Gasteiger charge is 2.45. The van der Waals surface area contributed by atoms with Gasteiger partial charge in [0.2, 0.25) is 10.0 Å². The summed E-state index contributed by atoms with van der Waals surface area (Å²) >= 11 is 0. The van der Waals surface area contributed by atoms with Crippen LogP contribution < -0.4 is 9.46 Å². The summed E-state index contributed by atoms with van der Waals surface area (Å²) in [5.41, 5.74) is 0.299. The molecule has 25 heavy (non-hydrogen) atoms. The first kappa shape index (κ1) is 17.9. The Morgan fingerprint density at radius 3 is 2.44 bits per heavy atom. The molecule has 3 rings (SSSR count). The molecule has 0 aromatic heterocycles. The van der Waals surface area contributed by atoms with Crippen molar-refractivity contribution in [3.05, 3.63) is 59.7 Å². The van der Waals surface area contributed by atoms with E-state index in [-0.39, 0.29) is 17.4 Å². The fraction of sp³-hybridized carbons (Fsp3) is 0.368. The Labute approximate surface area is 148 Å². The number of nitrogens with one attached hydrogen (secondary N) is 1. The zero-order valence-corrected chi connectivity index (χ0v) is 15.2. The quantitative estimate of drug-likeness (QED) is 0.795. The Balaban J connectivity index is 1.82. The van der Waals surface area contributed by atoms with Crippen LogP contribution in [-0.4, -0.2) is 27.2 Å². The molecule has 0 bridgehead atoms. The highest BCUT2D eigenvalue weighted by Crippen LogP contribution is 2.45. The van der Waals surface area contributed by atoms with Crippen LogP contribution in [0.15, 0.2) is 53.4 Å². The van der Waals surface area contributed by atoms with Crippen molar-refractivity contribution in [1.29, 1.82) is 0 Å². The molecule has 2 N–H and O–H groups in total. The maximum atomic E-state index is 12.6. The molecule has 1 atom stereocenters. The lowest BCUT2D eigenvalue weighted by atomic mass is 9.89. The predicted molar refractivity (Wildman–Crippen MR) is 96.0 cm³/mol. The minimum atomic E-state index is -3.72. The molecule has 6 heteroatoms. The molecular weight excluding hydrogens is 338 g/mol. The predicted octanol–water partition coefficient (Wildman–Crippen LogP) is 2.58. The Bertz CT molecular complexity index is 847. The van der Waals surface area contributed by atoms with Crippen LogP contribution in [0.3, 0.4) is 0 Å². The number of rotatable bonds is 7. The van der Waals surface area contributed by atoms with Gasteiger partial charge < -0.3 is 9.84 Å². The standard InChI is InChI=1S/C19H23NO4S/c1-14-12-17(10-11-18(14)24-2)25(22,23)20-13-19(21,16-8-9-16)15-6-4-3-5-7-15/h3-7,10-12,16,20-21H,8-9,13H2,1-2H3. The Kier molecular flexibility index (Phi) is 4.86. The second kappa shape index (κ2) is 6.78. The van der Waals surface area contributed by atoms with Gasteiger partial charge in [0.15, 0.2) is 0 Å². The average molecular weight is 361 g/mol. The van der Waals surface area contributed by atoms with E-state index in [1.807, 2.05) is 30.3 Å². The maximum absolute atomic E-state index is 12.6. The Morgan fingerprint density at radius 2 is 1.88 bits per heavy atom. The van der Waals surface area contributed by atoms with E-state index in [9.17, 15) is 13.5 Å². The zero-order chi connectivity index (χ0) is 18.1. The minimum absolute atomic E-state index is 0.0465. The fourth-order valence-corrected chi connectivity index (χ4v) is 4.23. The van der Waals surface area contributed by atoms with E-state index in [2.05, 4.69) is 4.72 Å². The van der Waals surface area contributed by atoms with Crippen LogP contribution in [0.1, 0.15) is 24.0 Å². The Morgan fingerprint density at radius 1 is 1.20 bits per heavy atom. The third-order valence-corrected chi connectivity index (χ3v) is 6.13. The van der Waals surface area contributed by atoms with Gasteiger partial charge in [-0.25, -0.2) is 13.1 Å². The molecule has 2 aromatic carbocycles. The molecule has 5 nitrogen and oxygen atoms in total. The summed E-state index contributed by atoms with van der Waals surface area (Å²) in [6.07, 6.45) is 1.80. The SMILES string of the molecule is COc1ccc(S(=O)(=O)NCC(O)(c2ccccc2)C2CC2)cc1C. The summed E-state index contributed by atoms with van der Waals surface area (Å²) in [4.78, 5) is 0.164. The third kappa shape index (κ3) is 3.71. The van der Waals surface area contributed by atoms with Gasteiger partial charge in [-0.05, 0) is 55.0 Å². The number of hydrogen-bond acceptors (Lipinski definition) is 4. The lowest BCUT2D eigenvalue weighted by Gasteiger charge is -2.29. The van der Waals surface area contributed by atoms with Crippen LogP contribution in [0, 0.1) is 12.8 Å². The van der Waals surface area contributed by atoms with Gasteiger partial charge in [0, 0.05) is 6.54 Å². The van der Waals surface area contributed by atoms with Crippen molar-refractivity contribution in [3.8, 4) is 5.75 Å². The largest absolute Gasteiger partial charge is 0.496 e. The molecule has 1 unspecified atom stereocenters. The first-order valence-corrected chi connectivity index (χ1v) is 9.77. The maximum Gasteiger partial charge on any atom is 0.240 e. The van der Waals surface area contributed by atoms with Crippen molar-refractivity contribution in [3.63, 3.8) is 0 Å².